The number of hydrogen-bond donors (Lipinski definition) is 2. The molecule has 0 bridgehead atoms. The van der Waals surface area contributed by atoms with Crippen LogP contribution in [0.25, 0.3) is 5.69 Å². The largest absolute Gasteiger partial charge is 0.396 e. The zero-order chi connectivity index (χ0) is 13.5. The van der Waals surface area contributed by atoms with E-state index in [1.807, 2.05) is 47.4 Å². The maximum absolute atomic E-state index is 8.79. The number of nitrogens with one attached hydrogen (secondary N) is 1. The number of aliphatic hydroxyl groups is 1. The molecule has 4 nitrogen and oxygen atoms in total. The highest BCUT2D eigenvalue weighted by Crippen LogP contribution is 2.08. The summed E-state index contributed by atoms with van der Waals surface area (Å²) in [6, 6.07) is 10.5. The fourth-order valence-corrected chi connectivity index (χ4v) is 1.96. The predicted octanol–water partition coefficient (Wildman–Crippen LogP) is 2.12. The summed E-state index contributed by atoms with van der Waals surface area (Å²) < 4.78 is 1.88. The molecule has 0 aliphatic heterocycles. The molecule has 2 N–H and O–H groups in total. The Kier molecular flexibility index (Phi) is 5.12. The lowest BCUT2D eigenvalue weighted by molar-refractivity contribution is 0.276. The van der Waals surface area contributed by atoms with Gasteiger partial charge in [0.25, 0.3) is 0 Å². The first-order chi connectivity index (χ1) is 9.29. The SMILES string of the molecule is CC(CCCO)NCc1cnn(-c2ccccc2)c1. The second kappa shape index (κ2) is 7.07. The van der Waals surface area contributed by atoms with Gasteiger partial charge >= 0.3 is 0 Å². The lowest BCUT2D eigenvalue weighted by Crippen LogP contribution is -2.25. The van der Waals surface area contributed by atoms with E-state index in [0.717, 1.165) is 25.1 Å². The summed E-state index contributed by atoms with van der Waals surface area (Å²) in [5.74, 6) is 0. The van der Waals surface area contributed by atoms with Crippen molar-refractivity contribution in [3.05, 3.63) is 48.3 Å². The molecule has 1 aromatic carbocycles. The zero-order valence-corrected chi connectivity index (χ0v) is 11.3. The number of hydrogen-bond acceptors (Lipinski definition) is 3. The zero-order valence-electron chi connectivity index (χ0n) is 11.3. The lowest BCUT2D eigenvalue weighted by atomic mass is 10.2. The number of para-hydroxylation sites is 1. The molecule has 102 valence electrons. The molecule has 1 unspecified atom stereocenters. The molecule has 1 aromatic heterocycles. The van der Waals surface area contributed by atoms with Crippen LogP contribution in [0.5, 0.6) is 0 Å². The Morgan fingerprint density at radius 2 is 2.11 bits per heavy atom. The van der Waals surface area contributed by atoms with E-state index in [-0.39, 0.29) is 6.61 Å². The van der Waals surface area contributed by atoms with E-state index in [9.17, 15) is 0 Å². The van der Waals surface area contributed by atoms with Crippen molar-refractivity contribution >= 4 is 0 Å². The molecule has 0 fully saturated rings. The number of nitrogens with zero attached hydrogens (tertiary/aromatic N) is 2. The number of aliphatic hydroxyl groups excluding tert-OH is 1. The summed E-state index contributed by atoms with van der Waals surface area (Å²) >= 11 is 0. The van der Waals surface area contributed by atoms with Crippen LogP contribution in [0.15, 0.2) is 42.7 Å². The van der Waals surface area contributed by atoms with Gasteiger partial charge in [-0.05, 0) is 31.9 Å². The fraction of sp³-hybridized carbons (Fsp3) is 0.400. The normalized spacial score (nSPS) is 12.5. The second-order valence-electron chi connectivity index (χ2n) is 4.78. The van der Waals surface area contributed by atoms with Crippen molar-refractivity contribution in [3.63, 3.8) is 0 Å². The predicted molar refractivity (Wildman–Crippen MR) is 76.2 cm³/mol. The topological polar surface area (TPSA) is 50.1 Å². The summed E-state index contributed by atoms with van der Waals surface area (Å²) in [5, 5.41) is 16.6. The molecule has 1 heterocycles. The van der Waals surface area contributed by atoms with E-state index in [1.54, 1.807) is 0 Å². The van der Waals surface area contributed by atoms with Crippen LogP contribution >= 0.6 is 0 Å². The summed E-state index contributed by atoms with van der Waals surface area (Å²) in [5.41, 5.74) is 2.24. The van der Waals surface area contributed by atoms with Crippen molar-refractivity contribution in [1.29, 1.82) is 0 Å². The van der Waals surface area contributed by atoms with Gasteiger partial charge in [0.2, 0.25) is 0 Å². The van der Waals surface area contributed by atoms with E-state index < -0.39 is 0 Å². The molecule has 0 radical (unpaired) electrons. The summed E-state index contributed by atoms with van der Waals surface area (Å²) in [4.78, 5) is 0. The van der Waals surface area contributed by atoms with Crippen LogP contribution in [0.1, 0.15) is 25.3 Å². The van der Waals surface area contributed by atoms with Gasteiger partial charge in [0.1, 0.15) is 0 Å². The number of aromatic nitrogens is 2. The minimum atomic E-state index is 0.262. The molecule has 4 heteroatoms. The van der Waals surface area contributed by atoms with Crippen molar-refractivity contribution in [1.82, 2.24) is 15.1 Å². The van der Waals surface area contributed by atoms with Crippen LogP contribution in [0.2, 0.25) is 0 Å². The molecule has 0 amide bonds. The molecule has 0 spiro atoms. The van der Waals surface area contributed by atoms with Crippen LogP contribution in [-0.4, -0.2) is 27.5 Å². The van der Waals surface area contributed by atoms with Crippen LogP contribution in [0, 0.1) is 0 Å². The highest BCUT2D eigenvalue weighted by atomic mass is 16.2. The number of rotatable bonds is 7. The van der Waals surface area contributed by atoms with Gasteiger partial charge in [-0.25, -0.2) is 4.68 Å². The van der Waals surface area contributed by atoms with E-state index in [4.69, 9.17) is 5.11 Å². The van der Waals surface area contributed by atoms with Crippen molar-refractivity contribution < 1.29 is 5.11 Å². The minimum absolute atomic E-state index is 0.262. The van der Waals surface area contributed by atoms with Gasteiger partial charge in [-0.3, -0.25) is 0 Å². The van der Waals surface area contributed by atoms with E-state index >= 15 is 0 Å². The Labute approximate surface area is 114 Å². The summed E-state index contributed by atoms with van der Waals surface area (Å²) in [6.45, 7) is 3.20. The molecule has 0 aliphatic carbocycles. The van der Waals surface area contributed by atoms with Gasteiger partial charge in [0.15, 0.2) is 0 Å². The quantitative estimate of drug-likeness (QED) is 0.801. The molecular formula is C15H21N3O. The van der Waals surface area contributed by atoms with Crippen LogP contribution in [-0.2, 0) is 6.54 Å². The van der Waals surface area contributed by atoms with Gasteiger partial charge in [-0.15, -0.1) is 0 Å². The molecular weight excluding hydrogens is 238 g/mol. The second-order valence-corrected chi connectivity index (χ2v) is 4.78. The molecule has 0 saturated carbocycles. The van der Waals surface area contributed by atoms with Crippen molar-refractivity contribution in [3.8, 4) is 5.69 Å². The van der Waals surface area contributed by atoms with Crippen LogP contribution in [0.4, 0.5) is 0 Å². The Morgan fingerprint density at radius 1 is 1.32 bits per heavy atom. The first kappa shape index (κ1) is 13.8. The van der Waals surface area contributed by atoms with Crippen molar-refractivity contribution in [2.75, 3.05) is 6.61 Å². The van der Waals surface area contributed by atoms with Crippen LogP contribution < -0.4 is 5.32 Å². The smallest absolute Gasteiger partial charge is 0.0645 e. The molecule has 2 rings (SSSR count). The molecule has 1 atom stereocenters. The monoisotopic (exact) mass is 259 g/mol. The standard InChI is InChI=1S/C15H21N3O/c1-13(6-5-9-19)16-10-14-11-17-18(12-14)15-7-3-2-4-8-15/h2-4,7-8,11-13,16,19H,5-6,9-10H2,1H3. The maximum atomic E-state index is 8.79. The fourth-order valence-electron chi connectivity index (χ4n) is 1.96. The Balaban J connectivity index is 1.88. The third kappa shape index (κ3) is 4.19. The average molecular weight is 259 g/mol. The van der Waals surface area contributed by atoms with E-state index in [0.29, 0.717) is 6.04 Å². The lowest BCUT2D eigenvalue weighted by Gasteiger charge is -2.11. The average Bonchev–Trinajstić information content (AvgIpc) is 2.93. The van der Waals surface area contributed by atoms with Crippen LogP contribution in [0.3, 0.4) is 0 Å². The molecule has 0 saturated heterocycles. The van der Waals surface area contributed by atoms with E-state index in [2.05, 4.69) is 17.3 Å². The molecule has 2 aromatic rings. The van der Waals surface area contributed by atoms with Crippen molar-refractivity contribution in [2.24, 2.45) is 0 Å². The summed E-state index contributed by atoms with van der Waals surface area (Å²) in [7, 11) is 0. The first-order valence-corrected chi connectivity index (χ1v) is 6.73. The molecule has 0 aliphatic rings. The van der Waals surface area contributed by atoms with Gasteiger partial charge < -0.3 is 10.4 Å². The third-order valence-corrected chi connectivity index (χ3v) is 3.11. The van der Waals surface area contributed by atoms with Crippen molar-refractivity contribution in [2.45, 2.75) is 32.4 Å². The van der Waals surface area contributed by atoms with Gasteiger partial charge in [0.05, 0.1) is 11.9 Å². The Morgan fingerprint density at radius 3 is 2.84 bits per heavy atom. The third-order valence-electron chi connectivity index (χ3n) is 3.11. The maximum Gasteiger partial charge on any atom is 0.0645 e. The summed E-state index contributed by atoms with van der Waals surface area (Å²) in [6.07, 6.45) is 5.76. The van der Waals surface area contributed by atoms with E-state index in [1.165, 1.54) is 5.56 Å². The Hall–Kier alpha value is -1.65. The number of benzene rings is 1. The Bertz CT molecular complexity index is 481. The highest BCUT2D eigenvalue weighted by molar-refractivity contribution is 5.30. The first-order valence-electron chi connectivity index (χ1n) is 6.73. The minimum Gasteiger partial charge on any atom is -0.396 e. The van der Waals surface area contributed by atoms with Gasteiger partial charge in [-0.1, -0.05) is 18.2 Å². The van der Waals surface area contributed by atoms with Gasteiger partial charge in [0, 0.05) is 31.0 Å². The highest BCUT2D eigenvalue weighted by Gasteiger charge is 2.03. The molecule has 19 heavy (non-hydrogen) atoms. The van der Waals surface area contributed by atoms with Gasteiger partial charge in [-0.2, -0.15) is 5.10 Å².